The standard InChI is InChI=1S/C77H128O6/c1-4-7-10-13-16-19-22-25-28-30-32-34-36-37-38-39-41-42-44-46-49-52-55-58-61-64-67-70-76(79)82-73-74(72-81-75(78)69-66-63-60-57-54-51-48-27-24-21-18-15-12-9-6-3)83-77(80)71-68-65-62-59-56-53-50-47-45-43-40-35-33-31-29-26-23-20-17-14-11-8-5-2/h7-12,16-21,25-29,32-35,48,74H,4-6,13-15,22-24,30-31,36-47,49-73H2,1-3H3/b10-7-,11-8-,12-9-,19-16-,20-17-,21-18-,28-25-,29-26-,34-32-,35-33-,48-27-. The molecule has 0 heterocycles. The minimum atomic E-state index is -0.794. The molecule has 6 heteroatoms. The molecule has 0 aromatic carbocycles. The van der Waals surface area contributed by atoms with Crippen LogP contribution in [0.1, 0.15) is 316 Å². The van der Waals surface area contributed by atoms with Crippen molar-refractivity contribution in [1.82, 2.24) is 0 Å². The lowest BCUT2D eigenvalue weighted by Crippen LogP contribution is -2.30. The van der Waals surface area contributed by atoms with Crippen LogP contribution in [0.25, 0.3) is 0 Å². The molecule has 1 atom stereocenters. The fraction of sp³-hybridized carbons (Fsp3) is 0.675. The number of hydrogen-bond acceptors (Lipinski definition) is 6. The molecule has 0 spiro atoms. The molecule has 0 aromatic heterocycles. The second kappa shape index (κ2) is 70.0. The minimum Gasteiger partial charge on any atom is -0.462 e. The van der Waals surface area contributed by atoms with Crippen LogP contribution in [-0.4, -0.2) is 37.2 Å². The predicted octanol–water partition coefficient (Wildman–Crippen LogP) is 24.1. The summed E-state index contributed by atoms with van der Waals surface area (Å²) in [6.07, 6.45) is 99.0. The monoisotopic (exact) mass is 1150 g/mol. The molecule has 0 aromatic rings. The van der Waals surface area contributed by atoms with E-state index in [0.717, 1.165) is 148 Å². The van der Waals surface area contributed by atoms with Gasteiger partial charge in [0.05, 0.1) is 0 Å². The van der Waals surface area contributed by atoms with Crippen molar-refractivity contribution in [1.29, 1.82) is 0 Å². The van der Waals surface area contributed by atoms with E-state index in [2.05, 4.69) is 154 Å². The molecule has 0 aliphatic carbocycles. The van der Waals surface area contributed by atoms with Crippen LogP contribution in [0.3, 0.4) is 0 Å². The lowest BCUT2D eigenvalue weighted by Gasteiger charge is -2.18. The lowest BCUT2D eigenvalue weighted by molar-refractivity contribution is -0.167. The quantitative estimate of drug-likeness (QED) is 0.0261. The molecule has 0 fully saturated rings. The van der Waals surface area contributed by atoms with Crippen molar-refractivity contribution < 1.29 is 28.6 Å². The van der Waals surface area contributed by atoms with E-state index in [-0.39, 0.29) is 31.1 Å². The Bertz CT molecular complexity index is 1750. The van der Waals surface area contributed by atoms with Gasteiger partial charge in [-0.05, 0) is 128 Å². The van der Waals surface area contributed by atoms with Crippen molar-refractivity contribution in [3.05, 3.63) is 134 Å². The number of hydrogen-bond donors (Lipinski definition) is 0. The first-order chi connectivity index (χ1) is 41.0. The third-order valence-electron chi connectivity index (χ3n) is 14.6. The van der Waals surface area contributed by atoms with Gasteiger partial charge < -0.3 is 14.2 Å². The summed E-state index contributed by atoms with van der Waals surface area (Å²) in [6, 6.07) is 0. The smallest absolute Gasteiger partial charge is 0.306 e. The Morgan fingerprint density at radius 2 is 0.434 bits per heavy atom. The van der Waals surface area contributed by atoms with Gasteiger partial charge >= 0.3 is 17.9 Å². The molecular weight excluding hydrogens is 1020 g/mol. The van der Waals surface area contributed by atoms with Crippen molar-refractivity contribution in [2.75, 3.05) is 13.2 Å². The Morgan fingerprint density at radius 3 is 0.675 bits per heavy atom. The Kier molecular flexibility index (Phi) is 66.3. The predicted molar refractivity (Wildman–Crippen MR) is 362 cm³/mol. The van der Waals surface area contributed by atoms with E-state index in [0.29, 0.717) is 19.3 Å². The summed E-state index contributed by atoms with van der Waals surface area (Å²) in [7, 11) is 0. The van der Waals surface area contributed by atoms with Crippen LogP contribution in [0.2, 0.25) is 0 Å². The van der Waals surface area contributed by atoms with Crippen LogP contribution in [0.4, 0.5) is 0 Å². The Labute approximate surface area is 513 Å². The Hall–Kier alpha value is -4.45. The van der Waals surface area contributed by atoms with Crippen molar-refractivity contribution in [2.45, 2.75) is 322 Å². The molecule has 1 unspecified atom stereocenters. The zero-order valence-corrected chi connectivity index (χ0v) is 54.2. The van der Waals surface area contributed by atoms with Crippen molar-refractivity contribution >= 4 is 17.9 Å². The third-order valence-corrected chi connectivity index (χ3v) is 14.6. The number of rotatable bonds is 62. The third kappa shape index (κ3) is 68.2. The first kappa shape index (κ1) is 78.5. The van der Waals surface area contributed by atoms with E-state index in [1.54, 1.807) is 0 Å². The maximum Gasteiger partial charge on any atom is 0.306 e. The van der Waals surface area contributed by atoms with E-state index >= 15 is 0 Å². The topological polar surface area (TPSA) is 78.9 Å². The summed E-state index contributed by atoms with van der Waals surface area (Å²) in [5.74, 6) is -0.901. The number of ether oxygens (including phenoxy) is 3. The van der Waals surface area contributed by atoms with Gasteiger partial charge in [-0.2, -0.15) is 0 Å². The summed E-state index contributed by atoms with van der Waals surface area (Å²) >= 11 is 0. The second-order valence-corrected chi connectivity index (χ2v) is 22.6. The molecule has 0 saturated carbocycles. The van der Waals surface area contributed by atoms with E-state index in [1.165, 1.54) is 128 Å². The molecule has 6 nitrogen and oxygen atoms in total. The van der Waals surface area contributed by atoms with Gasteiger partial charge in [-0.1, -0.05) is 302 Å². The van der Waals surface area contributed by atoms with Gasteiger partial charge in [0, 0.05) is 19.3 Å². The molecule has 83 heavy (non-hydrogen) atoms. The van der Waals surface area contributed by atoms with Crippen LogP contribution in [0.5, 0.6) is 0 Å². The summed E-state index contributed by atoms with van der Waals surface area (Å²) in [6.45, 7) is 6.31. The molecule has 0 N–H and O–H groups in total. The summed E-state index contributed by atoms with van der Waals surface area (Å²) in [4.78, 5) is 38.5. The van der Waals surface area contributed by atoms with Gasteiger partial charge in [-0.25, -0.2) is 0 Å². The Balaban J connectivity index is 4.34. The highest BCUT2D eigenvalue weighted by molar-refractivity contribution is 5.71. The number of carbonyl (C=O) groups is 3. The first-order valence-corrected chi connectivity index (χ1v) is 34.7. The lowest BCUT2D eigenvalue weighted by atomic mass is 10.0. The Morgan fingerprint density at radius 1 is 0.241 bits per heavy atom. The van der Waals surface area contributed by atoms with Crippen LogP contribution in [0, 0.1) is 0 Å². The average molecular weight is 1150 g/mol. The molecule has 0 bridgehead atoms. The fourth-order valence-electron chi connectivity index (χ4n) is 9.56. The van der Waals surface area contributed by atoms with Gasteiger partial charge in [-0.3, -0.25) is 14.4 Å². The normalized spacial score (nSPS) is 13.0. The summed E-state index contributed by atoms with van der Waals surface area (Å²) < 4.78 is 17.0. The number of unbranched alkanes of at least 4 members (excludes halogenated alkanes) is 29. The average Bonchev–Trinajstić information content (AvgIpc) is 3.49. The van der Waals surface area contributed by atoms with Gasteiger partial charge in [0.15, 0.2) is 6.10 Å². The van der Waals surface area contributed by atoms with Gasteiger partial charge in [0.2, 0.25) is 0 Å². The maximum atomic E-state index is 13.0. The highest BCUT2D eigenvalue weighted by atomic mass is 16.6. The largest absolute Gasteiger partial charge is 0.462 e. The molecule has 0 aliphatic rings. The van der Waals surface area contributed by atoms with E-state index in [4.69, 9.17) is 14.2 Å². The number of allylic oxidation sites excluding steroid dienone is 22. The van der Waals surface area contributed by atoms with Crippen LogP contribution in [-0.2, 0) is 28.6 Å². The van der Waals surface area contributed by atoms with Gasteiger partial charge in [-0.15, -0.1) is 0 Å². The van der Waals surface area contributed by atoms with Crippen molar-refractivity contribution in [3.8, 4) is 0 Å². The summed E-state index contributed by atoms with van der Waals surface area (Å²) in [5.41, 5.74) is 0. The number of esters is 3. The van der Waals surface area contributed by atoms with Crippen LogP contribution in [0.15, 0.2) is 134 Å². The maximum absolute atomic E-state index is 13.0. The van der Waals surface area contributed by atoms with E-state index in [9.17, 15) is 14.4 Å². The second-order valence-electron chi connectivity index (χ2n) is 22.6. The zero-order chi connectivity index (χ0) is 59.9. The van der Waals surface area contributed by atoms with Crippen molar-refractivity contribution in [2.24, 2.45) is 0 Å². The van der Waals surface area contributed by atoms with Crippen LogP contribution < -0.4 is 0 Å². The molecular formula is C77H128O6. The first-order valence-electron chi connectivity index (χ1n) is 34.7. The molecule has 0 radical (unpaired) electrons. The number of carbonyl (C=O) groups excluding carboxylic acids is 3. The molecule has 0 amide bonds. The zero-order valence-electron chi connectivity index (χ0n) is 54.2. The highest BCUT2D eigenvalue weighted by Crippen LogP contribution is 2.17. The van der Waals surface area contributed by atoms with E-state index < -0.39 is 6.10 Å². The van der Waals surface area contributed by atoms with Gasteiger partial charge in [0.1, 0.15) is 13.2 Å². The fourth-order valence-corrected chi connectivity index (χ4v) is 9.56. The molecule has 472 valence electrons. The van der Waals surface area contributed by atoms with Crippen molar-refractivity contribution in [3.63, 3.8) is 0 Å². The van der Waals surface area contributed by atoms with Gasteiger partial charge in [0.25, 0.3) is 0 Å². The van der Waals surface area contributed by atoms with E-state index in [1.807, 2.05) is 0 Å². The SMILES string of the molecule is CC/C=C\C/C=C\C/C=C\C/C=C\CCCCCCCCCCCCCCCCC(=O)OCC(COC(=O)CCCCCCC/C=C\C/C=C\C/C=C\CC)OC(=O)CCCCCCCCCCCC/C=C\C/C=C\C/C=C\C/C=C\CC. The summed E-state index contributed by atoms with van der Waals surface area (Å²) in [5, 5.41) is 0. The molecule has 0 aliphatic heterocycles. The highest BCUT2D eigenvalue weighted by Gasteiger charge is 2.19. The molecule has 0 saturated heterocycles. The van der Waals surface area contributed by atoms with Crippen LogP contribution >= 0.6 is 0 Å². The minimum absolute atomic E-state index is 0.0873. The molecule has 0 rings (SSSR count).